The highest BCUT2D eigenvalue weighted by molar-refractivity contribution is 7.89. The molecule has 0 aliphatic carbocycles. The SMILES string of the molecule is CNc1ncc(S(=O)(=O)NCc2ccnn2C)cc1Cl. The Morgan fingerprint density at radius 1 is 1.45 bits per heavy atom. The first-order valence-electron chi connectivity index (χ1n) is 5.74. The Bertz CT molecular complexity index is 713. The van der Waals surface area contributed by atoms with Gasteiger partial charge >= 0.3 is 0 Å². The highest BCUT2D eigenvalue weighted by Gasteiger charge is 2.16. The standard InChI is InChI=1S/C11H14ClN5O2S/c1-13-11-10(12)5-9(7-14-11)20(18,19)16-6-8-3-4-15-17(8)2/h3-5,7,16H,6H2,1-2H3,(H,13,14). The van der Waals surface area contributed by atoms with E-state index < -0.39 is 10.0 Å². The van der Waals surface area contributed by atoms with Crippen molar-refractivity contribution in [3.63, 3.8) is 0 Å². The molecule has 2 heterocycles. The van der Waals surface area contributed by atoms with Gasteiger partial charge in [-0.15, -0.1) is 0 Å². The Morgan fingerprint density at radius 2 is 2.20 bits per heavy atom. The lowest BCUT2D eigenvalue weighted by Gasteiger charge is -2.08. The van der Waals surface area contributed by atoms with Gasteiger partial charge in [0.15, 0.2) is 0 Å². The van der Waals surface area contributed by atoms with Crippen LogP contribution in [-0.2, 0) is 23.6 Å². The molecule has 0 radical (unpaired) electrons. The molecule has 0 unspecified atom stereocenters. The van der Waals surface area contributed by atoms with Gasteiger partial charge in [0.1, 0.15) is 10.7 Å². The summed E-state index contributed by atoms with van der Waals surface area (Å²) in [4.78, 5) is 3.96. The van der Waals surface area contributed by atoms with Gasteiger partial charge in [-0.05, 0) is 12.1 Å². The monoisotopic (exact) mass is 315 g/mol. The highest BCUT2D eigenvalue weighted by Crippen LogP contribution is 2.21. The smallest absolute Gasteiger partial charge is 0.242 e. The zero-order valence-electron chi connectivity index (χ0n) is 11.0. The number of aryl methyl sites for hydroxylation is 1. The molecule has 0 aromatic carbocycles. The maximum absolute atomic E-state index is 12.1. The topological polar surface area (TPSA) is 88.9 Å². The summed E-state index contributed by atoms with van der Waals surface area (Å²) >= 11 is 5.93. The Balaban J connectivity index is 2.18. The first-order chi connectivity index (χ1) is 9.44. The average Bonchev–Trinajstić information content (AvgIpc) is 2.82. The Hall–Kier alpha value is -1.64. The van der Waals surface area contributed by atoms with Gasteiger partial charge in [-0.2, -0.15) is 5.10 Å². The van der Waals surface area contributed by atoms with Gasteiger partial charge in [0.25, 0.3) is 0 Å². The molecule has 0 aliphatic heterocycles. The fourth-order valence-corrected chi connectivity index (χ4v) is 2.87. The van der Waals surface area contributed by atoms with Crippen molar-refractivity contribution < 1.29 is 8.42 Å². The third-order valence-electron chi connectivity index (χ3n) is 2.73. The molecule has 0 atom stereocenters. The van der Waals surface area contributed by atoms with E-state index in [-0.39, 0.29) is 16.5 Å². The van der Waals surface area contributed by atoms with Crippen LogP contribution >= 0.6 is 11.6 Å². The molecular weight excluding hydrogens is 302 g/mol. The minimum absolute atomic E-state index is 0.0173. The number of hydrogen-bond acceptors (Lipinski definition) is 5. The van der Waals surface area contributed by atoms with E-state index in [0.717, 1.165) is 5.69 Å². The van der Waals surface area contributed by atoms with Crippen molar-refractivity contribution in [2.75, 3.05) is 12.4 Å². The predicted molar refractivity (Wildman–Crippen MR) is 76.0 cm³/mol. The van der Waals surface area contributed by atoms with Crippen LogP contribution in [0.4, 0.5) is 5.82 Å². The molecule has 0 aliphatic rings. The van der Waals surface area contributed by atoms with Gasteiger partial charge in [0, 0.05) is 26.5 Å². The molecule has 2 rings (SSSR count). The lowest BCUT2D eigenvalue weighted by atomic mass is 10.4. The second kappa shape index (κ2) is 5.78. The van der Waals surface area contributed by atoms with Crippen LogP contribution in [-0.4, -0.2) is 30.2 Å². The van der Waals surface area contributed by atoms with Crippen LogP contribution in [0.5, 0.6) is 0 Å². The predicted octanol–water partition coefficient (Wildman–Crippen LogP) is 0.989. The molecule has 9 heteroatoms. The van der Waals surface area contributed by atoms with Gasteiger partial charge in [-0.3, -0.25) is 4.68 Å². The largest absolute Gasteiger partial charge is 0.372 e. The Kier molecular flexibility index (Phi) is 4.26. The van der Waals surface area contributed by atoms with E-state index in [1.165, 1.54) is 12.3 Å². The first kappa shape index (κ1) is 14.8. The molecule has 7 nitrogen and oxygen atoms in total. The quantitative estimate of drug-likeness (QED) is 0.859. The maximum Gasteiger partial charge on any atom is 0.242 e. The summed E-state index contributed by atoms with van der Waals surface area (Å²) in [6, 6.07) is 3.09. The number of anilines is 1. The van der Waals surface area contributed by atoms with Crippen molar-refractivity contribution in [1.29, 1.82) is 0 Å². The van der Waals surface area contributed by atoms with Crippen LogP contribution in [0.1, 0.15) is 5.69 Å². The normalized spacial score (nSPS) is 11.6. The van der Waals surface area contributed by atoms with Gasteiger partial charge in [-0.1, -0.05) is 11.6 Å². The average molecular weight is 316 g/mol. The van der Waals surface area contributed by atoms with Crippen LogP contribution in [0.2, 0.25) is 5.02 Å². The number of nitrogens with one attached hydrogen (secondary N) is 2. The van der Waals surface area contributed by atoms with E-state index in [0.29, 0.717) is 5.82 Å². The minimum atomic E-state index is -3.67. The number of pyridine rings is 1. The van der Waals surface area contributed by atoms with E-state index >= 15 is 0 Å². The van der Waals surface area contributed by atoms with E-state index in [2.05, 4.69) is 20.1 Å². The van der Waals surface area contributed by atoms with Crippen LogP contribution in [0.3, 0.4) is 0 Å². The summed E-state index contributed by atoms with van der Waals surface area (Å²) in [5.74, 6) is 0.428. The molecule has 2 N–H and O–H groups in total. The second-order valence-electron chi connectivity index (χ2n) is 4.02. The van der Waals surface area contributed by atoms with Crippen LogP contribution < -0.4 is 10.0 Å². The molecule has 0 amide bonds. The summed E-state index contributed by atoms with van der Waals surface area (Å²) in [6.07, 6.45) is 2.85. The van der Waals surface area contributed by atoms with Crippen molar-refractivity contribution in [1.82, 2.24) is 19.5 Å². The molecule has 0 bridgehead atoms. The summed E-state index contributed by atoms with van der Waals surface area (Å²) in [5, 5.41) is 6.98. The molecule has 2 aromatic rings. The second-order valence-corrected chi connectivity index (χ2v) is 6.20. The molecule has 2 aromatic heterocycles. The van der Waals surface area contributed by atoms with E-state index in [9.17, 15) is 8.42 Å². The number of aromatic nitrogens is 3. The fourth-order valence-electron chi connectivity index (χ4n) is 1.58. The van der Waals surface area contributed by atoms with Crippen LogP contribution in [0.25, 0.3) is 0 Å². The summed E-state index contributed by atoms with van der Waals surface area (Å²) in [5.41, 5.74) is 0.750. The summed E-state index contributed by atoms with van der Waals surface area (Å²) in [6.45, 7) is 0.143. The van der Waals surface area contributed by atoms with Crippen molar-refractivity contribution in [3.8, 4) is 0 Å². The van der Waals surface area contributed by atoms with Crippen molar-refractivity contribution in [3.05, 3.63) is 35.2 Å². The van der Waals surface area contributed by atoms with Crippen molar-refractivity contribution in [2.45, 2.75) is 11.4 Å². The lowest BCUT2D eigenvalue weighted by Crippen LogP contribution is -2.24. The van der Waals surface area contributed by atoms with E-state index in [1.54, 1.807) is 31.0 Å². The first-order valence-corrected chi connectivity index (χ1v) is 7.60. The Morgan fingerprint density at radius 3 is 2.75 bits per heavy atom. The number of hydrogen-bond donors (Lipinski definition) is 2. The number of halogens is 1. The third-order valence-corrected chi connectivity index (χ3v) is 4.39. The molecule has 0 saturated heterocycles. The van der Waals surface area contributed by atoms with Gasteiger partial charge in [-0.25, -0.2) is 18.1 Å². The molecule has 108 valence electrons. The van der Waals surface area contributed by atoms with Crippen molar-refractivity contribution in [2.24, 2.45) is 7.05 Å². The molecule has 0 fully saturated rings. The molecular formula is C11H14ClN5O2S. The summed E-state index contributed by atoms with van der Waals surface area (Å²) < 4.78 is 28.3. The molecule has 0 spiro atoms. The van der Waals surface area contributed by atoms with E-state index in [1.807, 2.05) is 0 Å². The van der Waals surface area contributed by atoms with Crippen LogP contribution in [0.15, 0.2) is 29.4 Å². The van der Waals surface area contributed by atoms with Crippen molar-refractivity contribution >= 4 is 27.4 Å². The summed E-state index contributed by atoms with van der Waals surface area (Å²) in [7, 11) is -0.271. The number of sulfonamides is 1. The Labute approximate surface area is 122 Å². The number of nitrogens with zero attached hydrogens (tertiary/aromatic N) is 3. The highest BCUT2D eigenvalue weighted by atomic mass is 35.5. The van der Waals surface area contributed by atoms with Gasteiger partial charge in [0.05, 0.1) is 17.3 Å². The van der Waals surface area contributed by atoms with E-state index in [4.69, 9.17) is 11.6 Å². The fraction of sp³-hybridized carbons (Fsp3) is 0.273. The maximum atomic E-state index is 12.1. The van der Waals surface area contributed by atoms with Crippen LogP contribution in [0, 0.1) is 0 Å². The molecule has 20 heavy (non-hydrogen) atoms. The van der Waals surface area contributed by atoms with Gasteiger partial charge < -0.3 is 5.32 Å². The lowest BCUT2D eigenvalue weighted by molar-refractivity contribution is 0.577. The molecule has 0 saturated carbocycles. The van der Waals surface area contributed by atoms with Gasteiger partial charge in [0.2, 0.25) is 10.0 Å². The zero-order valence-corrected chi connectivity index (χ0v) is 12.5. The zero-order chi connectivity index (χ0) is 14.8. The minimum Gasteiger partial charge on any atom is -0.372 e. The third kappa shape index (κ3) is 3.09. The number of rotatable bonds is 5.